The number of aryl methyl sites for hydroxylation is 2. The van der Waals surface area contributed by atoms with E-state index in [1.807, 2.05) is 26.0 Å². The van der Waals surface area contributed by atoms with E-state index in [1.165, 1.54) is 11.0 Å². The minimum absolute atomic E-state index is 0.0411. The third kappa shape index (κ3) is 3.64. The Balaban J connectivity index is 1.40. The van der Waals surface area contributed by atoms with Gasteiger partial charge in [-0.1, -0.05) is 25.0 Å². The van der Waals surface area contributed by atoms with Crippen LogP contribution in [-0.2, 0) is 25.7 Å². The number of likely N-dealkylation sites (tertiary alicyclic amines) is 1. The number of imide groups is 1. The fraction of sp³-hybridized carbons (Fsp3) is 0.478. The quantitative estimate of drug-likeness (QED) is 0.426. The van der Waals surface area contributed by atoms with E-state index in [9.17, 15) is 19.2 Å². The van der Waals surface area contributed by atoms with Crippen molar-refractivity contribution in [3.63, 3.8) is 0 Å². The molecule has 2 aliphatic rings. The van der Waals surface area contributed by atoms with E-state index in [0.29, 0.717) is 11.1 Å². The topological polar surface area (TPSA) is 93.9 Å². The SMILES string of the molecule is Cc1ccc2c(COC(=O)CCN3C(=O)[C@H]4CCCC[C@H]4C3=O)cc(=O)oc2c1C. The smallest absolute Gasteiger partial charge is 0.336 e. The largest absolute Gasteiger partial charge is 0.461 e. The molecule has 0 radical (unpaired) electrons. The summed E-state index contributed by atoms with van der Waals surface area (Å²) in [4.78, 5) is 50.4. The van der Waals surface area contributed by atoms with Gasteiger partial charge in [-0.05, 0) is 37.8 Å². The number of carbonyl (C=O) groups is 3. The lowest BCUT2D eigenvalue weighted by Gasteiger charge is -2.19. The van der Waals surface area contributed by atoms with Crippen LogP contribution in [0.3, 0.4) is 0 Å². The summed E-state index contributed by atoms with van der Waals surface area (Å²) in [5.41, 5.74) is 2.42. The minimum Gasteiger partial charge on any atom is -0.461 e. The van der Waals surface area contributed by atoms with Crippen molar-refractivity contribution in [2.45, 2.75) is 52.6 Å². The molecule has 0 bridgehead atoms. The van der Waals surface area contributed by atoms with Gasteiger partial charge in [-0.25, -0.2) is 4.79 Å². The normalized spacial score (nSPS) is 21.2. The van der Waals surface area contributed by atoms with Crippen LogP contribution in [0, 0.1) is 25.7 Å². The van der Waals surface area contributed by atoms with Crippen LogP contribution in [0.15, 0.2) is 27.4 Å². The Morgan fingerprint density at radius 3 is 2.43 bits per heavy atom. The van der Waals surface area contributed by atoms with Gasteiger partial charge in [0.15, 0.2) is 0 Å². The number of nitrogens with zero attached hydrogens (tertiary/aromatic N) is 1. The first kappa shape index (κ1) is 20.3. The van der Waals surface area contributed by atoms with Crippen LogP contribution in [0.25, 0.3) is 11.0 Å². The number of rotatable bonds is 5. The Morgan fingerprint density at radius 1 is 1.10 bits per heavy atom. The van der Waals surface area contributed by atoms with Crippen LogP contribution in [0.2, 0.25) is 0 Å². The minimum atomic E-state index is -0.518. The Kier molecular flexibility index (Phi) is 5.45. The van der Waals surface area contributed by atoms with Crippen LogP contribution in [-0.4, -0.2) is 29.2 Å². The molecule has 0 unspecified atom stereocenters. The van der Waals surface area contributed by atoms with E-state index in [0.717, 1.165) is 42.2 Å². The lowest BCUT2D eigenvalue weighted by molar-refractivity contribution is -0.146. The second-order valence-electron chi connectivity index (χ2n) is 8.21. The summed E-state index contributed by atoms with van der Waals surface area (Å²) >= 11 is 0. The summed E-state index contributed by atoms with van der Waals surface area (Å²) in [6, 6.07) is 5.09. The molecule has 0 spiro atoms. The zero-order valence-electron chi connectivity index (χ0n) is 17.2. The molecular weight excluding hydrogens is 386 g/mol. The molecule has 2 heterocycles. The number of benzene rings is 1. The molecule has 1 aliphatic carbocycles. The molecule has 1 saturated heterocycles. The molecule has 4 rings (SSSR count). The highest BCUT2D eigenvalue weighted by Gasteiger charge is 2.47. The fourth-order valence-electron chi connectivity index (χ4n) is 4.53. The molecule has 7 nitrogen and oxygen atoms in total. The lowest BCUT2D eigenvalue weighted by Crippen LogP contribution is -2.33. The van der Waals surface area contributed by atoms with Crippen LogP contribution in [0.4, 0.5) is 0 Å². The predicted molar refractivity (Wildman–Crippen MR) is 109 cm³/mol. The molecule has 1 aromatic carbocycles. The molecule has 1 aromatic heterocycles. The molecule has 1 aliphatic heterocycles. The van der Waals surface area contributed by atoms with E-state index in [4.69, 9.17) is 9.15 Å². The van der Waals surface area contributed by atoms with Crippen molar-refractivity contribution in [1.82, 2.24) is 4.90 Å². The number of hydrogen-bond donors (Lipinski definition) is 0. The van der Waals surface area contributed by atoms with Crippen LogP contribution in [0.1, 0.15) is 48.8 Å². The lowest BCUT2D eigenvalue weighted by atomic mass is 9.81. The maximum atomic E-state index is 12.5. The van der Waals surface area contributed by atoms with Crippen LogP contribution in [0.5, 0.6) is 0 Å². The molecule has 7 heteroatoms. The number of amides is 2. The maximum absolute atomic E-state index is 12.5. The van der Waals surface area contributed by atoms with Crippen molar-refractivity contribution in [3.8, 4) is 0 Å². The second-order valence-corrected chi connectivity index (χ2v) is 8.21. The van der Waals surface area contributed by atoms with Gasteiger partial charge in [0.05, 0.1) is 18.3 Å². The summed E-state index contributed by atoms with van der Waals surface area (Å²) in [5.74, 6) is -1.27. The molecule has 1 saturated carbocycles. The van der Waals surface area contributed by atoms with Gasteiger partial charge in [-0.15, -0.1) is 0 Å². The first-order valence-corrected chi connectivity index (χ1v) is 10.4. The van der Waals surface area contributed by atoms with E-state index in [-0.39, 0.29) is 43.2 Å². The third-order valence-electron chi connectivity index (χ3n) is 6.38. The molecule has 30 heavy (non-hydrogen) atoms. The highest BCUT2D eigenvalue weighted by molar-refractivity contribution is 6.05. The number of esters is 1. The molecule has 2 atom stereocenters. The molecule has 2 fully saturated rings. The monoisotopic (exact) mass is 411 g/mol. The first-order valence-electron chi connectivity index (χ1n) is 10.4. The van der Waals surface area contributed by atoms with Crippen LogP contribution >= 0.6 is 0 Å². The third-order valence-corrected chi connectivity index (χ3v) is 6.38. The summed E-state index contributed by atoms with van der Waals surface area (Å²) in [6.07, 6.45) is 3.37. The number of ether oxygens (including phenoxy) is 1. The summed E-state index contributed by atoms with van der Waals surface area (Å²) < 4.78 is 10.7. The van der Waals surface area contributed by atoms with Gasteiger partial charge in [-0.2, -0.15) is 0 Å². The molecule has 158 valence electrons. The molecule has 0 N–H and O–H groups in total. The van der Waals surface area contributed by atoms with Gasteiger partial charge in [0.1, 0.15) is 12.2 Å². The highest BCUT2D eigenvalue weighted by atomic mass is 16.5. The van der Waals surface area contributed by atoms with Crippen molar-refractivity contribution in [2.24, 2.45) is 11.8 Å². The van der Waals surface area contributed by atoms with Crippen molar-refractivity contribution in [2.75, 3.05) is 6.54 Å². The fourth-order valence-corrected chi connectivity index (χ4v) is 4.53. The van der Waals surface area contributed by atoms with E-state index in [1.54, 1.807) is 0 Å². The predicted octanol–water partition coefficient (Wildman–Crippen LogP) is 3.02. The Morgan fingerprint density at radius 2 is 1.77 bits per heavy atom. The van der Waals surface area contributed by atoms with Crippen molar-refractivity contribution in [1.29, 1.82) is 0 Å². The van der Waals surface area contributed by atoms with Gasteiger partial charge in [0.25, 0.3) is 0 Å². The summed E-state index contributed by atoms with van der Waals surface area (Å²) in [7, 11) is 0. The molecular formula is C23H25NO6. The Hall–Kier alpha value is -2.96. The van der Waals surface area contributed by atoms with Crippen molar-refractivity contribution >= 4 is 28.8 Å². The maximum Gasteiger partial charge on any atom is 0.336 e. The second kappa shape index (κ2) is 8.05. The summed E-state index contributed by atoms with van der Waals surface area (Å²) in [5, 5.41) is 0.722. The van der Waals surface area contributed by atoms with Crippen molar-refractivity contribution in [3.05, 3.63) is 45.3 Å². The van der Waals surface area contributed by atoms with Gasteiger partial charge in [0.2, 0.25) is 11.8 Å². The van der Waals surface area contributed by atoms with Gasteiger partial charge >= 0.3 is 11.6 Å². The zero-order chi connectivity index (χ0) is 21.4. The standard InChI is InChI=1S/C23H25NO6/c1-13-7-8-16-15(11-20(26)30-21(16)14(13)2)12-29-19(25)9-10-24-22(27)17-5-3-4-6-18(17)23(24)28/h7-8,11,17-18H,3-6,9-10,12H2,1-2H3/t17-,18+. The first-order chi connectivity index (χ1) is 14.4. The van der Waals surface area contributed by atoms with Gasteiger partial charge in [0, 0.05) is 23.6 Å². The van der Waals surface area contributed by atoms with Gasteiger partial charge < -0.3 is 9.15 Å². The van der Waals surface area contributed by atoms with Crippen molar-refractivity contribution < 1.29 is 23.5 Å². The average molecular weight is 411 g/mol. The Labute approximate surface area is 174 Å². The van der Waals surface area contributed by atoms with Gasteiger partial charge in [-0.3, -0.25) is 19.3 Å². The molecule has 2 amide bonds. The van der Waals surface area contributed by atoms with E-state index in [2.05, 4.69) is 0 Å². The average Bonchev–Trinajstić information content (AvgIpc) is 2.98. The Bertz CT molecular complexity index is 1060. The number of hydrogen-bond acceptors (Lipinski definition) is 6. The number of fused-ring (bicyclic) bond motifs is 2. The summed E-state index contributed by atoms with van der Waals surface area (Å²) in [6.45, 7) is 3.77. The van der Waals surface area contributed by atoms with E-state index < -0.39 is 11.6 Å². The van der Waals surface area contributed by atoms with Crippen LogP contribution < -0.4 is 5.63 Å². The van der Waals surface area contributed by atoms with E-state index >= 15 is 0 Å². The highest BCUT2D eigenvalue weighted by Crippen LogP contribution is 2.38. The molecule has 2 aromatic rings. The number of carbonyl (C=O) groups excluding carboxylic acids is 3. The zero-order valence-corrected chi connectivity index (χ0v) is 17.2.